The van der Waals surface area contributed by atoms with Crippen molar-refractivity contribution in [1.29, 1.82) is 0 Å². The molecule has 8 heteroatoms. The van der Waals surface area contributed by atoms with E-state index in [2.05, 4.69) is 5.32 Å². The number of benzene rings is 2. The summed E-state index contributed by atoms with van der Waals surface area (Å²) >= 11 is 0. The summed E-state index contributed by atoms with van der Waals surface area (Å²) in [6.07, 6.45) is -1.95. The van der Waals surface area contributed by atoms with Gasteiger partial charge in [-0.3, -0.25) is 4.79 Å². The highest BCUT2D eigenvalue weighted by Gasteiger charge is 2.34. The molecule has 4 rings (SSSR count). The van der Waals surface area contributed by atoms with Crippen LogP contribution in [0.25, 0.3) is 0 Å². The Balaban J connectivity index is 1.36. The molecule has 2 aromatic carbocycles. The van der Waals surface area contributed by atoms with E-state index in [-0.39, 0.29) is 6.42 Å². The predicted molar refractivity (Wildman–Crippen MR) is 101 cm³/mol. The summed E-state index contributed by atoms with van der Waals surface area (Å²) in [5, 5.41) is 2.67. The molecule has 150 valence electrons. The van der Waals surface area contributed by atoms with Gasteiger partial charge < -0.3 is 24.3 Å². The summed E-state index contributed by atoms with van der Waals surface area (Å²) in [5.74, 6) is -0.725. The molecule has 0 bridgehead atoms. The molecule has 1 amide bonds. The van der Waals surface area contributed by atoms with Gasteiger partial charge in [0.05, 0.1) is 5.56 Å². The van der Waals surface area contributed by atoms with Crippen molar-refractivity contribution in [3.63, 3.8) is 0 Å². The molecule has 2 aliphatic heterocycles. The number of nitrogens with one attached hydrogen (secondary N) is 1. The van der Waals surface area contributed by atoms with Crippen LogP contribution in [0, 0.1) is 0 Å². The lowest BCUT2D eigenvalue weighted by atomic mass is 9.99. The predicted octanol–water partition coefficient (Wildman–Crippen LogP) is 2.11. The van der Waals surface area contributed by atoms with Crippen molar-refractivity contribution in [2.24, 2.45) is 0 Å². The largest absolute Gasteiger partial charge is 0.486 e. The zero-order chi connectivity index (χ0) is 20.4. The molecular weight excluding hydrogens is 378 g/mol. The first-order chi connectivity index (χ1) is 14.0. The standard InChI is InChI=1S/C21H19NO7/c1-12(19(23)22-14-6-7-16-17(11-14)27-9-8-26-16)28-21(25)18-10-13-4-2-3-5-15(13)20(24)29-18/h2-7,11-12,18H,8-10H2,1H3,(H,22,23)/t12-,18-/m1/s1. The van der Waals surface area contributed by atoms with Gasteiger partial charge >= 0.3 is 11.9 Å². The van der Waals surface area contributed by atoms with Crippen LogP contribution in [0.15, 0.2) is 42.5 Å². The fourth-order valence-electron chi connectivity index (χ4n) is 3.13. The molecule has 0 aromatic heterocycles. The Morgan fingerprint density at radius 2 is 1.86 bits per heavy atom. The normalized spacial score (nSPS) is 18.1. The SMILES string of the molecule is C[C@@H](OC(=O)[C@H]1Cc2ccccc2C(=O)O1)C(=O)Nc1ccc2c(c1)OCCO2. The first-order valence-electron chi connectivity index (χ1n) is 9.21. The second kappa shape index (κ2) is 7.83. The number of ether oxygens (including phenoxy) is 4. The third-order valence-corrected chi connectivity index (χ3v) is 4.63. The molecule has 29 heavy (non-hydrogen) atoms. The molecule has 0 saturated heterocycles. The van der Waals surface area contributed by atoms with Crippen LogP contribution in [0.4, 0.5) is 5.69 Å². The van der Waals surface area contributed by atoms with Gasteiger partial charge in [0.15, 0.2) is 17.6 Å². The van der Waals surface area contributed by atoms with Gasteiger partial charge in [0.2, 0.25) is 6.10 Å². The van der Waals surface area contributed by atoms with E-state index in [4.69, 9.17) is 18.9 Å². The minimum absolute atomic E-state index is 0.206. The third kappa shape index (κ3) is 4.01. The van der Waals surface area contributed by atoms with E-state index in [1.165, 1.54) is 6.92 Å². The van der Waals surface area contributed by atoms with E-state index in [0.29, 0.717) is 41.5 Å². The molecule has 0 radical (unpaired) electrons. The molecule has 2 aliphatic rings. The van der Waals surface area contributed by atoms with E-state index < -0.39 is 30.1 Å². The highest BCUT2D eigenvalue weighted by Crippen LogP contribution is 2.32. The highest BCUT2D eigenvalue weighted by molar-refractivity contribution is 5.97. The fourth-order valence-corrected chi connectivity index (χ4v) is 3.13. The Labute approximate surface area is 166 Å². The van der Waals surface area contributed by atoms with Gasteiger partial charge in [0.1, 0.15) is 13.2 Å². The van der Waals surface area contributed by atoms with Crippen molar-refractivity contribution in [2.45, 2.75) is 25.6 Å². The van der Waals surface area contributed by atoms with E-state index in [1.54, 1.807) is 42.5 Å². The van der Waals surface area contributed by atoms with Crippen molar-refractivity contribution in [3.8, 4) is 11.5 Å². The summed E-state index contributed by atoms with van der Waals surface area (Å²) in [4.78, 5) is 36.8. The minimum atomic E-state index is -1.08. The number of esters is 2. The van der Waals surface area contributed by atoms with Crippen LogP contribution in [0.5, 0.6) is 11.5 Å². The van der Waals surface area contributed by atoms with Crippen LogP contribution in [0.2, 0.25) is 0 Å². The maximum atomic E-state index is 12.4. The third-order valence-electron chi connectivity index (χ3n) is 4.63. The summed E-state index contributed by atoms with van der Waals surface area (Å²) < 4.78 is 21.3. The summed E-state index contributed by atoms with van der Waals surface area (Å²) in [6, 6.07) is 11.9. The number of hydrogen-bond acceptors (Lipinski definition) is 7. The zero-order valence-electron chi connectivity index (χ0n) is 15.7. The second-order valence-electron chi connectivity index (χ2n) is 6.68. The fraction of sp³-hybridized carbons (Fsp3) is 0.286. The van der Waals surface area contributed by atoms with E-state index in [1.807, 2.05) is 0 Å². The van der Waals surface area contributed by atoms with Gasteiger partial charge in [-0.15, -0.1) is 0 Å². The van der Waals surface area contributed by atoms with Crippen LogP contribution >= 0.6 is 0 Å². The molecule has 8 nitrogen and oxygen atoms in total. The molecule has 2 atom stereocenters. The number of fused-ring (bicyclic) bond motifs is 2. The van der Waals surface area contributed by atoms with E-state index in [0.717, 1.165) is 0 Å². The molecule has 0 unspecified atom stereocenters. The van der Waals surface area contributed by atoms with Crippen molar-refractivity contribution in [1.82, 2.24) is 0 Å². The Morgan fingerprint density at radius 3 is 2.69 bits per heavy atom. The van der Waals surface area contributed by atoms with Gasteiger partial charge in [-0.1, -0.05) is 18.2 Å². The van der Waals surface area contributed by atoms with Crippen LogP contribution in [0.1, 0.15) is 22.8 Å². The first kappa shape index (κ1) is 18.8. The second-order valence-corrected chi connectivity index (χ2v) is 6.68. The first-order valence-corrected chi connectivity index (χ1v) is 9.21. The maximum absolute atomic E-state index is 12.4. The number of carbonyl (C=O) groups excluding carboxylic acids is 3. The Kier molecular flexibility index (Phi) is 5.07. The molecule has 0 fully saturated rings. The van der Waals surface area contributed by atoms with E-state index in [9.17, 15) is 14.4 Å². The average molecular weight is 397 g/mol. The van der Waals surface area contributed by atoms with Crippen LogP contribution in [0.3, 0.4) is 0 Å². The molecule has 2 aromatic rings. The van der Waals surface area contributed by atoms with Gasteiger partial charge in [0, 0.05) is 18.2 Å². The lowest BCUT2D eigenvalue weighted by Gasteiger charge is -2.24. The minimum Gasteiger partial charge on any atom is -0.486 e. The van der Waals surface area contributed by atoms with Crippen molar-refractivity contribution < 1.29 is 33.3 Å². The highest BCUT2D eigenvalue weighted by atomic mass is 16.6. The summed E-state index contributed by atoms with van der Waals surface area (Å²) in [6.45, 7) is 2.35. The zero-order valence-corrected chi connectivity index (χ0v) is 15.7. The van der Waals surface area contributed by atoms with Gasteiger partial charge in [-0.25, -0.2) is 9.59 Å². The number of cyclic esters (lactones) is 1. The molecular formula is C21H19NO7. The van der Waals surface area contributed by atoms with Gasteiger partial charge in [-0.05, 0) is 30.7 Å². The van der Waals surface area contributed by atoms with Crippen LogP contribution in [-0.4, -0.2) is 43.3 Å². The molecule has 0 spiro atoms. The number of rotatable bonds is 4. The molecule has 0 aliphatic carbocycles. The number of anilines is 1. The summed E-state index contributed by atoms with van der Waals surface area (Å²) in [7, 11) is 0. The van der Waals surface area contributed by atoms with Crippen molar-refractivity contribution in [3.05, 3.63) is 53.6 Å². The quantitative estimate of drug-likeness (QED) is 0.789. The van der Waals surface area contributed by atoms with Gasteiger partial charge in [-0.2, -0.15) is 0 Å². The van der Waals surface area contributed by atoms with Gasteiger partial charge in [0.25, 0.3) is 5.91 Å². The van der Waals surface area contributed by atoms with Crippen molar-refractivity contribution in [2.75, 3.05) is 18.5 Å². The molecule has 2 heterocycles. The monoisotopic (exact) mass is 397 g/mol. The number of amides is 1. The number of carbonyl (C=O) groups is 3. The lowest BCUT2D eigenvalue weighted by Crippen LogP contribution is -2.39. The topological polar surface area (TPSA) is 100 Å². The molecule has 0 saturated carbocycles. The Morgan fingerprint density at radius 1 is 1.10 bits per heavy atom. The maximum Gasteiger partial charge on any atom is 0.348 e. The van der Waals surface area contributed by atoms with Crippen LogP contribution < -0.4 is 14.8 Å². The van der Waals surface area contributed by atoms with E-state index >= 15 is 0 Å². The summed E-state index contributed by atoms with van der Waals surface area (Å²) in [5.41, 5.74) is 1.63. The smallest absolute Gasteiger partial charge is 0.348 e. The Bertz CT molecular complexity index is 971. The Hall–Kier alpha value is -3.55. The molecule has 1 N–H and O–H groups in total. The average Bonchev–Trinajstić information content (AvgIpc) is 2.73. The van der Waals surface area contributed by atoms with Crippen molar-refractivity contribution >= 4 is 23.5 Å². The number of hydrogen-bond donors (Lipinski definition) is 1. The van der Waals surface area contributed by atoms with Crippen LogP contribution in [-0.2, 0) is 25.5 Å². The lowest BCUT2D eigenvalue weighted by molar-refractivity contribution is -0.162.